The number of hydrogen-bond acceptors (Lipinski definition) is 2. The van der Waals surface area contributed by atoms with Crippen LogP contribution in [0.4, 0.5) is 0 Å². The van der Waals surface area contributed by atoms with Crippen molar-refractivity contribution in [3.05, 3.63) is 35.9 Å². The summed E-state index contributed by atoms with van der Waals surface area (Å²) in [5, 5.41) is 0. The molecule has 1 aromatic carbocycles. The lowest BCUT2D eigenvalue weighted by molar-refractivity contribution is -0.128. The number of hydrogen-bond donors (Lipinski definition) is 0. The second-order valence-electron chi connectivity index (χ2n) is 4.87. The van der Waals surface area contributed by atoms with Crippen molar-refractivity contribution < 1.29 is 4.79 Å². The molecule has 0 spiro atoms. The average Bonchev–Trinajstić information content (AvgIpc) is 2.27. The average molecular weight is 217 g/mol. The number of carbonyl (C=O) groups is 1. The van der Waals surface area contributed by atoms with Crippen LogP contribution in [-0.2, 0) is 11.3 Å². The number of benzene rings is 1. The molecule has 1 saturated heterocycles. The highest BCUT2D eigenvalue weighted by Crippen LogP contribution is 2.20. The Hall–Kier alpha value is -1.15. The van der Waals surface area contributed by atoms with Gasteiger partial charge >= 0.3 is 0 Å². The van der Waals surface area contributed by atoms with E-state index in [2.05, 4.69) is 36.1 Å². The molecule has 0 saturated carbocycles. The Kier molecular flexibility index (Phi) is 3.39. The Balaban J connectivity index is 2.06. The van der Waals surface area contributed by atoms with Crippen molar-refractivity contribution in [2.24, 2.45) is 5.92 Å². The number of likely N-dealkylation sites (tertiary alicyclic amines) is 1. The molecule has 2 heteroatoms. The summed E-state index contributed by atoms with van der Waals surface area (Å²) in [6.07, 6.45) is 0.743. The number of piperidine rings is 1. The zero-order chi connectivity index (χ0) is 11.5. The summed E-state index contributed by atoms with van der Waals surface area (Å²) in [5.41, 5.74) is 1.29. The molecule has 0 N–H and O–H groups in total. The van der Waals surface area contributed by atoms with E-state index in [4.69, 9.17) is 0 Å². The van der Waals surface area contributed by atoms with E-state index in [1.807, 2.05) is 13.0 Å². The summed E-state index contributed by atoms with van der Waals surface area (Å²) in [4.78, 5) is 14.0. The molecule has 86 valence electrons. The molecule has 0 bridgehead atoms. The van der Waals surface area contributed by atoms with Gasteiger partial charge in [0, 0.05) is 19.5 Å². The van der Waals surface area contributed by atoms with Crippen molar-refractivity contribution in [2.75, 3.05) is 6.54 Å². The third kappa shape index (κ3) is 2.50. The van der Waals surface area contributed by atoms with Crippen LogP contribution in [-0.4, -0.2) is 23.3 Å². The van der Waals surface area contributed by atoms with E-state index >= 15 is 0 Å². The van der Waals surface area contributed by atoms with Crippen molar-refractivity contribution in [3.8, 4) is 0 Å². The fourth-order valence-electron chi connectivity index (χ4n) is 2.36. The van der Waals surface area contributed by atoms with Gasteiger partial charge in [-0.25, -0.2) is 0 Å². The molecule has 0 aliphatic carbocycles. The molecular formula is C14H19NO. The summed E-state index contributed by atoms with van der Waals surface area (Å²) in [6, 6.07) is 10.4. The van der Waals surface area contributed by atoms with Crippen molar-refractivity contribution in [1.29, 1.82) is 0 Å². The van der Waals surface area contributed by atoms with Gasteiger partial charge in [0.25, 0.3) is 0 Å². The zero-order valence-electron chi connectivity index (χ0n) is 10.0. The number of ketones is 1. The minimum Gasteiger partial charge on any atom is -0.298 e. The summed E-state index contributed by atoms with van der Waals surface area (Å²) in [5.74, 6) is 0.877. The van der Waals surface area contributed by atoms with Crippen LogP contribution in [0.5, 0.6) is 0 Å². The highest BCUT2D eigenvalue weighted by Gasteiger charge is 2.29. The van der Waals surface area contributed by atoms with E-state index in [1.54, 1.807) is 0 Å². The predicted molar refractivity (Wildman–Crippen MR) is 65.1 cm³/mol. The summed E-state index contributed by atoms with van der Waals surface area (Å²) >= 11 is 0. The van der Waals surface area contributed by atoms with Gasteiger partial charge in [-0.3, -0.25) is 9.69 Å². The smallest absolute Gasteiger partial charge is 0.150 e. The van der Waals surface area contributed by atoms with Crippen LogP contribution in [0.25, 0.3) is 0 Å². The van der Waals surface area contributed by atoms with Crippen LogP contribution in [0, 0.1) is 5.92 Å². The lowest BCUT2D eigenvalue weighted by atomic mass is 9.93. The Labute approximate surface area is 97.3 Å². The molecule has 1 fully saturated rings. The molecule has 1 heterocycles. The summed E-state index contributed by atoms with van der Waals surface area (Å²) < 4.78 is 0. The molecule has 2 rings (SSSR count). The van der Waals surface area contributed by atoms with Gasteiger partial charge < -0.3 is 0 Å². The fraction of sp³-hybridized carbons (Fsp3) is 0.500. The van der Waals surface area contributed by atoms with E-state index in [1.165, 1.54) is 5.56 Å². The van der Waals surface area contributed by atoms with Crippen LogP contribution in [0.15, 0.2) is 30.3 Å². The highest BCUT2D eigenvalue weighted by molar-refractivity contribution is 5.84. The van der Waals surface area contributed by atoms with Gasteiger partial charge in [0.05, 0.1) is 6.04 Å². The van der Waals surface area contributed by atoms with Crippen LogP contribution >= 0.6 is 0 Å². The molecule has 1 aliphatic rings. The first-order valence-corrected chi connectivity index (χ1v) is 5.97. The van der Waals surface area contributed by atoms with E-state index < -0.39 is 0 Å². The Bertz CT molecular complexity index is 360. The molecule has 1 aromatic rings. The molecular weight excluding hydrogens is 198 g/mol. The minimum atomic E-state index is 0.0800. The second-order valence-corrected chi connectivity index (χ2v) is 4.87. The van der Waals surface area contributed by atoms with Gasteiger partial charge in [-0.1, -0.05) is 37.3 Å². The first-order valence-electron chi connectivity index (χ1n) is 5.97. The molecule has 16 heavy (non-hydrogen) atoms. The van der Waals surface area contributed by atoms with E-state index in [9.17, 15) is 4.79 Å². The van der Waals surface area contributed by atoms with Crippen LogP contribution < -0.4 is 0 Å². The lowest BCUT2D eigenvalue weighted by Gasteiger charge is -2.35. The maximum absolute atomic E-state index is 11.8. The number of rotatable bonds is 2. The quantitative estimate of drug-likeness (QED) is 0.758. The number of nitrogens with zero attached hydrogens (tertiary/aromatic N) is 1. The van der Waals surface area contributed by atoms with E-state index in [0.717, 1.165) is 19.5 Å². The Morgan fingerprint density at radius 3 is 2.62 bits per heavy atom. The summed E-state index contributed by atoms with van der Waals surface area (Å²) in [7, 11) is 0. The Morgan fingerprint density at radius 2 is 1.94 bits per heavy atom. The molecule has 0 aromatic heterocycles. The number of Topliss-reactive ketones (excluding diaryl/α,β-unsaturated/α-hetero) is 1. The third-order valence-corrected chi connectivity index (χ3v) is 3.34. The van der Waals surface area contributed by atoms with Crippen LogP contribution in [0.3, 0.4) is 0 Å². The summed E-state index contributed by atoms with van der Waals surface area (Å²) in [6.45, 7) is 6.10. The van der Waals surface area contributed by atoms with Crippen molar-refractivity contribution in [3.63, 3.8) is 0 Å². The van der Waals surface area contributed by atoms with Crippen LogP contribution in [0.2, 0.25) is 0 Å². The van der Waals surface area contributed by atoms with Gasteiger partial charge in [0.15, 0.2) is 0 Å². The minimum absolute atomic E-state index is 0.0800. The van der Waals surface area contributed by atoms with E-state index in [-0.39, 0.29) is 6.04 Å². The predicted octanol–water partition coefficient (Wildman–Crippen LogP) is 2.49. The van der Waals surface area contributed by atoms with Gasteiger partial charge in [-0.15, -0.1) is 0 Å². The van der Waals surface area contributed by atoms with Crippen LogP contribution in [0.1, 0.15) is 25.8 Å². The topological polar surface area (TPSA) is 20.3 Å². The SMILES string of the molecule is C[C@H]1CC(=O)[C@@H](C)N(Cc2ccccc2)C1. The number of carbonyl (C=O) groups excluding carboxylic acids is 1. The molecule has 0 unspecified atom stereocenters. The second kappa shape index (κ2) is 4.79. The van der Waals surface area contributed by atoms with Crippen molar-refractivity contribution >= 4 is 5.78 Å². The van der Waals surface area contributed by atoms with Gasteiger partial charge in [0.1, 0.15) is 5.78 Å². The maximum Gasteiger partial charge on any atom is 0.150 e. The van der Waals surface area contributed by atoms with Gasteiger partial charge in [0.2, 0.25) is 0 Å². The molecule has 0 amide bonds. The van der Waals surface area contributed by atoms with Crippen molar-refractivity contribution in [2.45, 2.75) is 32.9 Å². The first-order chi connectivity index (χ1) is 7.66. The fourth-order valence-corrected chi connectivity index (χ4v) is 2.36. The monoisotopic (exact) mass is 217 g/mol. The third-order valence-electron chi connectivity index (χ3n) is 3.34. The molecule has 0 radical (unpaired) electrons. The molecule has 1 aliphatic heterocycles. The Morgan fingerprint density at radius 1 is 1.25 bits per heavy atom. The van der Waals surface area contributed by atoms with Gasteiger partial charge in [-0.2, -0.15) is 0 Å². The standard InChI is InChI=1S/C14H19NO/c1-11-8-14(16)12(2)15(9-11)10-13-6-4-3-5-7-13/h3-7,11-12H,8-10H2,1-2H3/t11-,12+/m0/s1. The largest absolute Gasteiger partial charge is 0.298 e. The highest BCUT2D eigenvalue weighted by atomic mass is 16.1. The van der Waals surface area contributed by atoms with Gasteiger partial charge in [-0.05, 0) is 18.4 Å². The van der Waals surface area contributed by atoms with Crippen molar-refractivity contribution in [1.82, 2.24) is 4.90 Å². The molecule has 2 nitrogen and oxygen atoms in total. The molecule has 2 atom stereocenters. The lowest BCUT2D eigenvalue weighted by Crippen LogP contribution is -2.46. The normalized spacial score (nSPS) is 27.0. The first kappa shape index (κ1) is 11.3. The van der Waals surface area contributed by atoms with E-state index in [0.29, 0.717) is 11.7 Å². The zero-order valence-corrected chi connectivity index (χ0v) is 10.0. The maximum atomic E-state index is 11.8.